The van der Waals surface area contributed by atoms with E-state index in [1.165, 1.54) is 23.5 Å². The van der Waals surface area contributed by atoms with E-state index in [0.29, 0.717) is 12.6 Å². The van der Waals surface area contributed by atoms with Gasteiger partial charge in [0.2, 0.25) is 0 Å². The second-order valence-corrected chi connectivity index (χ2v) is 7.27. The van der Waals surface area contributed by atoms with E-state index in [4.69, 9.17) is 4.74 Å². The molecule has 0 unspecified atom stereocenters. The van der Waals surface area contributed by atoms with Gasteiger partial charge < -0.3 is 9.30 Å². The zero-order valence-electron chi connectivity index (χ0n) is 12.9. The molecule has 0 N–H and O–H groups in total. The van der Waals surface area contributed by atoms with Crippen molar-refractivity contribution in [3.8, 4) is 0 Å². The van der Waals surface area contributed by atoms with Gasteiger partial charge in [-0.3, -0.25) is 4.90 Å². The van der Waals surface area contributed by atoms with Crippen molar-refractivity contribution < 1.29 is 4.74 Å². The average molecular weight is 318 g/mol. The Morgan fingerprint density at radius 2 is 2.23 bits per heavy atom. The molecule has 3 heterocycles. The summed E-state index contributed by atoms with van der Waals surface area (Å²) in [6.45, 7) is 6.79. The zero-order chi connectivity index (χ0) is 14.9. The Bertz CT molecular complexity index is 620. The first-order valence-electron chi connectivity index (χ1n) is 8.05. The molecule has 1 aliphatic carbocycles. The van der Waals surface area contributed by atoms with Gasteiger partial charge in [0.05, 0.1) is 31.1 Å². The highest BCUT2D eigenvalue weighted by Crippen LogP contribution is 2.30. The predicted octanol–water partition coefficient (Wildman–Crippen LogP) is 2.84. The minimum Gasteiger partial charge on any atom is -0.375 e. The first-order valence-corrected chi connectivity index (χ1v) is 8.93. The SMILES string of the molecule is C[C@@H]1c2ncc(COCC3CC3)n2CCN1Cc1nccs1. The van der Waals surface area contributed by atoms with Gasteiger partial charge in [0.25, 0.3) is 0 Å². The Morgan fingerprint density at radius 1 is 1.32 bits per heavy atom. The highest BCUT2D eigenvalue weighted by atomic mass is 32.1. The Balaban J connectivity index is 1.42. The largest absolute Gasteiger partial charge is 0.375 e. The van der Waals surface area contributed by atoms with Crippen LogP contribution in [0.1, 0.15) is 42.3 Å². The third kappa shape index (κ3) is 2.95. The zero-order valence-corrected chi connectivity index (χ0v) is 13.8. The first-order chi connectivity index (χ1) is 10.8. The lowest BCUT2D eigenvalue weighted by Gasteiger charge is -2.33. The second-order valence-electron chi connectivity index (χ2n) is 6.29. The quantitative estimate of drug-likeness (QED) is 0.821. The van der Waals surface area contributed by atoms with Gasteiger partial charge in [0.15, 0.2) is 0 Å². The maximum absolute atomic E-state index is 5.83. The summed E-state index contributed by atoms with van der Waals surface area (Å²) in [7, 11) is 0. The molecule has 2 aliphatic rings. The van der Waals surface area contributed by atoms with Gasteiger partial charge in [-0.1, -0.05) is 0 Å². The van der Waals surface area contributed by atoms with Crippen LogP contribution in [0, 0.1) is 5.92 Å². The first kappa shape index (κ1) is 14.4. The van der Waals surface area contributed by atoms with Crippen LogP contribution in [0.2, 0.25) is 0 Å². The van der Waals surface area contributed by atoms with Gasteiger partial charge in [-0.15, -0.1) is 11.3 Å². The van der Waals surface area contributed by atoms with E-state index in [0.717, 1.165) is 38.0 Å². The molecule has 0 spiro atoms. The molecule has 0 aromatic carbocycles. The summed E-state index contributed by atoms with van der Waals surface area (Å²) < 4.78 is 8.18. The van der Waals surface area contributed by atoms with E-state index in [1.807, 2.05) is 17.8 Å². The summed E-state index contributed by atoms with van der Waals surface area (Å²) in [6.07, 6.45) is 6.55. The highest BCUT2D eigenvalue weighted by molar-refractivity contribution is 7.09. The summed E-state index contributed by atoms with van der Waals surface area (Å²) in [5.74, 6) is 1.98. The molecule has 0 bridgehead atoms. The Kier molecular flexibility index (Phi) is 3.98. The van der Waals surface area contributed by atoms with Crippen LogP contribution in [-0.4, -0.2) is 32.6 Å². The van der Waals surface area contributed by atoms with Gasteiger partial charge in [0, 0.05) is 31.3 Å². The van der Waals surface area contributed by atoms with E-state index in [1.54, 1.807) is 11.3 Å². The van der Waals surface area contributed by atoms with Crippen molar-refractivity contribution in [2.24, 2.45) is 5.92 Å². The molecule has 1 fully saturated rings. The summed E-state index contributed by atoms with van der Waals surface area (Å²) in [4.78, 5) is 11.5. The Morgan fingerprint density at radius 3 is 3.00 bits per heavy atom. The fourth-order valence-electron chi connectivity index (χ4n) is 3.05. The lowest BCUT2D eigenvalue weighted by atomic mass is 10.2. The van der Waals surface area contributed by atoms with E-state index < -0.39 is 0 Å². The topological polar surface area (TPSA) is 43.2 Å². The average Bonchev–Trinajstić information content (AvgIpc) is 3.03. The molecule has 0 radical (unpaired) electrons. The Labute approximate surface area is 134 Å². The van der Waals surface area contributed by atoms with Crippen LogP contribution in [0.3, 0.4) is 0 Å². The van der Waals surface area contributed by atoms with Gasteiger partial charge in [-0.25, -0.2) is 9.97 Å². The van der Waals surface area contributed by atoms with Crippen LogP contribution in [0.5, 0.6) is 0 Å². The summed E-state index contributed by atoms with van der Waals surface area (Å²) in [5.41, 5.74) is 1.22. The normalized spacial score (nSPS) is 22.0. The maximum atomic E-state index is 5.83. The van der Waals surface area contributed by atoms with Crippen molar-refractivity contribution in [2.45, 2.75) is 45.5 Å². The lowest BCUT2D eigenvalue weighted by Crippen LogP contribution is -2.37. The minimum atomic E-state index is 0.329. The molecule has 1 aliphatic heterocycles. The number of hydrogen-bond acceptors (Lipinski definition) is 5. The van der Waals surface area contributed by atoms with E-state index in [2.05, 4.69) is 26.4 Å². The van der Waals surface area contributed by atoms with Crippen LogP contribution in [0.25, 0.3) is 0 Å². The standard InChI is InChI=1S/C16H22N4OS/c1-12-16-18-8-14(11-21-10-13-2-3-13)20(16)6-5-19(12)9-15-17-4-7-22-15/h4,7-8,12-13H,2-3,5-6,9-11H2,1H3/t12-/m1/s1. The maximum Gasteiger partial charge on any atom is 0.126 e. The van der Waals surface area contributed by atoms with Crippen molar-refractivity contribution in [1.29, 1.82) is 0 Å². The van der Waals surface area contributed by atoms with Gasteiger partial charge in [-0.2, -0.15) is 0 Å². The fourth-order valence-corrected chi connectivity index (χ4v) is 3.70. The number of hydrogen-bond donors (Lipinski definition) is 0. The summed E-state index contributed by atoms with van der Waals surface area (Å²) in [5, 5.41) is 3.22. The molecule has 2 aromatic rings. The molecule has 1 saturated carbocycles. The number of thiazole rings is 1. The van der Waals surface area contributed by atoms with Crippen molar-refractivity contribution >= 4 is 11.3 Å². The van der Waals surface area contributed by atoms with Gasteiger partial charge in [-0.05, 0) is 25.7 Å². The number of ether oxygens (including phenoxy) is 1. The van der Waals surface area contributed by atoms with Crippen LogP contribution in [-0.2, 0) is 24.4 Å². The smallest absolute Gasteiger partial charge is 0.126 e. The molecule has 118 valence electrons. The predicted molar refractivity (Wildman–Crippen MR) is 85.5 cm³/mol. The molecule has 0 saturated heterocycles. The number of imidazole rings is 1. The number of nitrogens with zero attached hydrogens (tertiary/aromatic N) is 4. The molecule has 22 heavy (non-hydrogen) atoms. The molecule has 4 rings (SSSR count). The molecular weight excluding hydrogens is 296 g/mol. The van der Waals surface area contributed by atoms with Crippen molar-refractivity contribution in [3.05, 3.63) is 34.3 Å². The van der Waals surface area contributed by atoms with Crippen LogP contribution in [0.4, 0.5) is 0 Å². The molecule has 6 heteroatoms. The van der Waals surface area contributed by atoms with Crippen molar-refractivity contribution in [1.82, 2.24) is 19.4 Å². The molecule has 5 nitrogen and oxygen atoms in total. The molecule has 1 atom stereocenters. The fraction of sp³-hybridized carbons (Fsp3) is 0.625. The second kappa shape index (κ2) is 6.10. The van der Waals surface area contributed by atoms with E-state index in [-0.39, 0.29) is 0 Å². The third-order valence-corrected chi connectivity index (χ3v) is 5.39. The van der Waals surface area contributed by atoms with Crippen molar-refractivity contribution in [2.75, 3.05) is 13.2 Å². The number of aromatic nitrogens is 3. The van der Waals surface area contributed by atoms with Crippen LogP contribution in [0.15, 0.2) is 17.8 Å². The summed E-state index contributed by atoms with van der Waals surface area (Å²) >= 11 is 1.72. The third-order valence-electron chi connectivity index (χ3n) is 4.62. The molecular formula is C16H22N4OS. The highest BCUT2D eigenvalue weighted by Gasteiger charge is 2.28. The van der Waals surface area contributed by atoms with Crippen molar-refractivity contribution in [3.63, 3.8) is 0 Å². The number of fused-ring (bicyclic) bond motifs is 1. The Hall–Kier alpha value is -1.24. The van der Waals surface area contributed by atoms with Crippen LogP contribution < -0.4 is 0 Å². The van der Waals surface area contributed by atoms with Gasteiger partial charge in [0.1, 0.15) is 10.8 Å². The lowest BCUT2D eigenvalue weighted by molar-refractivity contribution is 0.101. The summed E-state index contributed by atoms with van der Waals surface area (Å²) in [6, 6.07) is 0.329. The van der Waals surface area contributed by atoms with Crippen LogP contribution >= 0.6 is 11.3 Å². The molecule has 2 aromatic heterocycles. The van der Waals surface area contributed by atoms with Gasteiger partial charge >= 0.3 is 0 Å². The minimum absolute atomic E-state index is 0.329. The van der Waals surface area contributed by atoms with E-state index in [9.17, 15) is 0 Å². The number of rotatable bonds is 6. The molecule has 0 amide bonds. The van der Waals surface area contributed by atoms with E-state index >= 15 is 0 Å². The monoisotopic (exact) mass is 318 g/mol.